The molecule has 2 aromatic heterocycles. The zero-order valence-corrected chi connectivity index (χ0v) is 12.9. The average Bonchev–Trinajstić information content (AvgIpc) is 3.05. The Balaban J connectivity index is 2.21. The van der Waals surface area contributed by atoms with E-state index in [1.807, 2.05) is 13.8 Å². The van der Waals surface area contributed by atoms with Crippen LogP contribution in [-0.4, -0.2) is 29.2 Å². The average molecular weight is 308 g/mol. The number of nitrogens with zero attached hydrogens (tertiary/aromatic N) is 1. The molecule has 0 spiro atoms. The highest BCUT2D eigenvalue weighted by Gasteiger charge is 2.22. The molecule has 2 rings (SSSR count). The summed E-state index contributed by atoms with van der Waals surface area (Å²) in [7, 11) is 0. The minimum atomic E-state index is -0.707. The van der Waals surface area contributed by atoms with Crippen LogP contribution in [-0.2, 0) is 21.0 Å². The summed E-state index contributed by atoms with van der Waals surface area (Å²) in [6.07, 6.45) is 1.50. The van der Waals surface area contributed by atoms with Crippen LogP contribution in [0.2, 0.25) is 0 Å². The molecule has 1 atom stereocenters. The molecule has 0 aliphatic heterocycles. The zero-order valence-electron chi connectivity index (χ0n) is 12.9. The monoisotopic (exact) mass is 308 g/mol. The van der Waals surface area contributed by atoms with Gasteiger partial charge in [-0.15, -0.1) is 0 Å². The van der Waals surface area contributed by atoms with Crippen LogP contribution in [0.4, 0.5) is 0 Å². The molecule has 2 aromatic rings. The van der Waals surface area contributed by atoms with Gasteiger partial charge >= 0.3 is 11.9 Å². The number of ether oxygens (including phenoxy) is 2. The number of esters is 2. The molecule has 0 unspecified atom stereocenters. The van der Waals surface area contributed by atoms with Crippen molar-refractivity contribution in [1.29, 1.82) is 0 Å². The van der Waals surface area contributed by atoms with Gasteiger partial charge in [0.25, 0.3) is 0 Å². The van der Waals surface area contributed by atoms with Crippen molar-refractivity contribution < 1.29 is 23.5 Å². The van der Waals surface area contributed by atoms with E-state index in [4.69, 9.17) is 19.6 Å². The molecule has 2 heterocycles. The molecule has 22 heavy (non-hydrogen) atoms. The van der Waals surface area contributed by atoms with E-state index in [0.29, 0.717) is 11.1 Å². The van der Waals surface area contributed by atoms with Gasteiger partial charge in [0.1, 0.15) is 11.7 Å². The van der Waals surface area contributed by atoms with Crippen molar-refractivity contribution in [1.82, 2.24) is 4.57 Å². The first-order chi connectivity index (χ1) is 10.5. The molecule has 120 valence electrons. The van der Waals surface area contributed by atoms with Gasteiger partial charge in [-0.05, 0) is 12.8 Å². The number of carbonyl (C=O) groups excluding carboxylic acids is 2. The van der Waals surface area contributed by atoms with Gasteiger partial charge in [-0.1, -0.05) is 13.8 Å². The maximum atomic E-state index is 12.0. The summed E-state index contributed by atoms with van der Waals surface area (Å²) in [6, 6.07) is 2.54. The second kappa shape index (κ2) is 6.65. The van der Waals surface area contributed by atoms with Gasteiger partial charge < -0.3 is 19.6 Å². The second-order valence-electron chi connectivity index (χ2n) is 5.21. The first-order valence-electron chi connectivity index (χ1n) is 7.11. The largest absolute Gasteiger partial charge is 0.463 e. The predicted molar refractivity (Wildman–Crippen MR) is 79.1 cm³/mol. The maximum Gasteiger partial charge on any atom is 0.355 e. The smallest absolute Gasteiger partial charge is 0.355 e. The predicted octanol–water partition coefficient (Wildman–Crippen LogP) is 1.89. The van der Waals surface area contributed by atoms with Crippen molar-refractivity contribution in [2.75, 3.05) is 6.61 Å². The summed E-state index contributed by atoms with van der Waals surface area (Å²) in [5.74, 6) is -1.05. The van der Waals surface area contributed by atoms with E-state index in [1.165, 1.54) is 10.8 Å². The Hall–Kier alpha value is -2.28. The first-order valence-corrected chi connectivity index (χ1v) is 7.11. The molecule has 2 N–H and O–H groups in total. The van der Waals surface area contributed by atoms with Crippen LogP contribution in [0.1, 0.15) is 31.3 Å². The van der Waals surface area contributed by atoms with Crippen LogP contribution in [0.25, 0.3) is 11.1 Å². The highest BCUT2D eigenvalue weighted by molar-refractivity contribution is 5.94. The molecule has 0 radical (unpaired) electrons. The van der Waals surface area contributed by atoms with Crippen LogP contribution in [0.5, 0.6) is 0 Å². The maximum absolute atomic E-state index is 12.0. The summed E-state index contributed by atoms with van der Waals surface area (Å²) in [5.41, 5.74) is 7.18. The third-order valence-electron chi connectivity index (χ3n) is 3.33. The van der Waals surface area contributed by atoms with Crippen molar-refractivity contribution in [2.24, 2.45) is 11.7 Å². The number of fused-ring (bicyclic) bond motifs is 1. The van der Waals surface area contributed by atoms with E-state index in [-0.39, 0.29) is 24.9 Å². The minimum absolute atomic E-state index is 0.0318. The Kier molecular flexibility index (Phi) is 4.87. The summed E-state index contributed by atoms with van der Waals surface area (Å²) in [5, 5.41) is 0. The molecule has 0 saturated heterocycles. The number of rotatable bonds is 6. The Morgan fingerprint density at radius 2 is 2.09 bits per heavy atom. The normalized spacial score (nSPS) is 12.6. The van der Waals surface area contributed by atoms with Crippen LogP contribution in [0.3, 0.4) is 0 Å². The Morgan fingerprint density at radius 3 is 2.73 bits per heavy atom. The fourth-order valence-corrected chi connectivity index (χ4v) is 1.99. The first kappa shape index (κ1) is 16.1. The van der Waals surface area contributed by atoms with Crippen molar-refractivity contribution >= 4 is 23.0 Å². The molecular formula is C15H20N2O5. The van der Waals surface area contributed by atoms with Gasteiger partial charge in [0.15, 0.2) is 12.3 Å². The third-order valence-corrected chi connectivity index (χ3v) is 3.33. The van der Waals surface area contributed by atoms with Crippen LogP contribution >= 0.6 is 0 Å². The number of aromatic nitrogens is 1. The molecule has 0 saturated carbocycles. The molecule has 0 aliphatic rings. The van der Waals surface area contributed by atoms with E-state index < -0.39 is 18.0 Å². The molecule has 0 aliphatic carbocycles. The van der Waals surface area contributed by atoms with E-state index in [9.17, 15) is 9.59 Å². The number of nitrogens with two attached hydrogens (primary N) is 1. The number of hydrogen-bond acceptors (Lipinski definition) is 6. The van der Waals surface area contributed by atoms with E-state index >= 15 is 0 Å². The fraction of sp³-hybridized carbons (Fsp3) is 0.467. The highest BCUT2D eigenvalue weighted by atomic mass is 16.5. The Morgan fingerprint density at radius 1 is 1.36 bits per heavy atom. The van der Waals surface area contributed by atoms with Crippen molar-refractivity contribution in [2.45, 2.75) is 33.5 Å². The molecule has 0 fully saturated rings. The minimum Gasteiger partial charge on any atom is -0.463 e. The Bertz CT molecular complexity index is 671. The van der Waals surface area contributed by atoms with Gasteiger partial charge in [0, 0.05) is 12.1 Å². The summed E-state index contributed by atoms with van der Waals surface area (Å²) in [6.45, 7) is 5.51. The molecule has 0 bridgehead atoms. The Labute approximate surface area is 128 Å². The molecule has 7 nitrogen and oxygen atoms in total. The van der Waals surface area contributed by atoms with E-state index in [2.05, 4.69) is 0 Å². The summed E-state index contributed by atoms with van der Waals surface area (Å²) < 4.78 is 17.0. The van der Waals surface area contributed by atoms with Crippen LogP contribution in [0, 0.1) is 5.92 Å². The van der Waals surface area contributed by atoms with Crippen molar-refractivity contribution in [3.05, 3.63) is 24.1 Å². The van der Waals surface area contributed by atoms with Gasteiger partial charge in [0.05, 0.1) is 18.4 Å². The third kappa shape index (κ3) is 3.14. The molecule has 0 amide bonds. The lowest BCUT2D eigenvalue weighted by Gasteiger charge is -2.16. The lowest BCUT2D eigenvalue weighted by molar-refractivity contribution is -0.150. The van der Waals surface area contributed by atoms with Crippen LogP contribution in [0.15, 0.2) is 22.8 Å². The van der Waals surface area contributed by atoms with Crippen LogP contribution < -0.4 is 5.73 Å². The summed E-state index contributed by atoms with van der Waals surface area (Å²) in [4.78, 5) is 23.8. The van der Waals surface area contributed by atoms with Crippen molar-refractivity contribution in [3.8, 4) is 0 Å². The summed E-state index contributed by atoms with van der Waals surface area (Å²) >= 11 is 0. The van der Waals surface area contributed by atoms with Gasteiger partial charge in [-0.3, -0.25) is 9.36 Å². The quantitative estimate of drug-likeness (QED) is 0.819. The number of carbonyl (C=O) groups is 2. The van der Waals surface area contributed by atoms with E-state index in [0.717, 1.165) is 0 Å². The number of furan rings is 1. The molecule has 7 heteroatoms. The van der Waals surface area contributed by atoms with E-state index in [1.54, 1.807) is 19.1 Å². The molecular weight excluding hydrogens is 288 g/mol. The van der Waals surface area contributed by atoms with Gasteiger partial charge in [-0.2, -0.15) is 0 Å². The highest BCUT2D eigenvalue weighted by Crippen LogP contribution is 2.22. The second-order valence-corrected chi connectivity index (χ2v) is 5.21. The number of hydrogen-bond donors (Lipinski definition) is 1. The van der Waals surface area contributed by atoms with Gasteiger partial charge in [-0.25, -0.2) is 4.79 Å². The fourth-order valence-electron chi connectivity index (χ4n) is 1.99. The lowest BCUT2D eigenvalue weighted by atomic mass is 10.1. The zero-order chi connectivity index (χ0) is 16.3. The van der Waals surface area contributed by atoms with Gasteiger partial charge in [0.2, 0.25) is 0 Å². The standard InChI is InChI=1S/C15H20N2O5/c1-4-20-14(18)11-7-12-10(5-6-21-12)17(11)8-22-15(19)13(16)9(2)3/h5-7,9,13H,4,8,16H2,1-3H3/t13-/m1/s1. The van der Waals surface area contributed by atoms with Crippen molar-refractivity contribution in [3.63, 3.8) is 0 Å². The topological polar surface area (TPSA) is 96.7 Å². The lowest BCUT2D eigenvalue weighted by Crippen LogP contribution is -2.37. The molecule has 0 aromatic carbocycles. The SMILES string of the molecule is CCOC(=O)c1cc2occc2n1COC(=O)[C@H](N)C(C)C.